The van der Waals surface area contributed by atoms with Crippen molar-refractivity contribution < 1.29 is 0 Å². The fourth-order valence-corrected chi connectivity index (χ4v) is 0.915. The van der Waals surface area contributed by atoms with Crippen LogP contribution < -0.4 is 11.2 Å². The Labute approximate surface area is 88.3 Å². The molecule has 0 atom stereocenters. The molecule has 0 aromatic heterocycles. The van der Waals surface area contributed by atoms with Gasteiger partial charge >= 0.3 is 0 Å². The summed E-state index contributed by atoms with van der Waals surface area (Å²) in [6.45, 7) is 0. The zero-order valence-electron chi connectivity index (χ0n) is 7.55. The van der Waals surface area contributed by atoms with Crippen molar-refractivity contribution in [1.29, 1.82) is 0 Å². The molecule has 0 amide bonds. The highest BCUT2D eigenvalue weighted by Gasteiger charge is 1.80. The van der Waals surface area contributed by atoms with E-state index in [1.54, 1.807) is 12.3 Å². The predicted octanol–water partition coefficient (Wildman–Crippen LogP) is 1.52. The third-order valence-electron chi connectivity index (χ3n) is 1.42. The smallest absolute Gasteiger partial charge is 0.184 e. The lowest BCUT2D eigenvalue weighted by Crippen LogP contribution is -2.23. The maximum atomic E-state index is 5.17. The number of hydrogen-bond acceptors (Lipinski definition) is 2. The van der Waals surface area contributed by atoms with Gasteiger partial charge in [-0.25, -0.2) is 0 Å². The normalized spacial score (nSPS) is 10.9. The van der Waals surface area contributed by atoms with Gasteiger partial charge in [-0.3, -0.25) is 5.43 Å². The first-order valence-corrected chi connectivity index (χ1v) is 4.50. The minimum absolute atomic E-state index is 0.161. The lowest BCUT2D eigenvalue weighted by atomic mass is 10.2. The van der Waals surface area contributed by atoms with E-state index in [9.17, 15) is 0 Å². The summed E-state index contributed by atoms with van der Waals surface area (Å²) in [4.78, 5) is 0. The lowest BCUT2D eigenvalue weighted by Gasteiger charge is -1.91. The molecule has 3 N–H and O–H groups in total. The second-order valence-corrected chi connectivity index (χ2v) is 2.96. The molecule has 0 bridgehead atoms. The Morgan fingerprint density at radius 2 is 2.07 bits per heavy atom. The zero-order chi connectivity index (χ0) is 10.2. The molecule has 0 radical (unpaired) electrons. The average Bonchev–Trinajstić information content (AvgIpc) is 2.18. The maximum absolute atomic E-state index is 5.17. The van der Waals surface area contributed by atoms with Crippen molar-refractivity contribution >= 4 is 29.6 Å². The molecule has 72 valence electrons. The predicted molar refractivity (Wildman–Crippen MR) is 63.9 cm³/mol. The quantitative estimate of drug-likeness (QED) is 0.447. The number of benzene rings is 1. The molecule has 0 aliphatic rings. The van der Waals surface area contributed by atoms with Crippen LogP contribution in [0.3, 0.4) is 0 Å². The molecule has 0 heterocycles. The van der Waals surface area contributed by atoms with Crippen molar-refractivity contribution in [2.24, 2.45) is 10.8 Å². The Morgan fingerprint density at radius 3 is 2.71 bits per heavy atom. The number of allylic oxidation sites excluding steroid dienone is 1. The number of thiocarbonyl (C=S) groups is 1. The zero-order valence-corrected chi connectivity index (χ0v) is 8.37. The van der Waals surface area contributed by atoms with Crippen LogP contribution >= 0.6 is 12.2 Å². The molecular formula is C10H11N3S. The van der Waals surface area contributed by atoms with Crippen molar-refractivity contribution in [2.75, 3.05) is 0 Å². The molecule has 0 aliphatic heterocycles. The van der Waals surface area contributed by atoms with E-state index in [1.165, 1.54) is 0 Å². The fourth-order valence-electron chi connectivity index (χ4n) is 0.862. The van der Waals surface area contributed by atoms with E-state index < -0.39 is 0 Å². The Bertz CT molecular complexity index is 344. The number of hydrogen-bond donors (Lipinski definition) is 2. The highest BCUT2D eigenvalue weighted by molar-refractivity contribution is 7.80. The van der Waals surface area contributed by atoms with Gasteiger partial charge in [-0.2, -0.15) is 5.10 Å². The molecule has 3 nitrogen and oxygen atoms in total. The molecule has 0 spiro atoms. The van der Waals surface area contributed by atoms with Crippen molar-refractivity contribution in [3.8, 4) is 0 Å². The Hall–Kier alpha value is -1.68. The van der Waals surface area contributed by atoms with Gasteiger partial charge in [-0.1, -0.05) is 36.4 Å². The molecule has 1 aromatic rings. The summed E-state index contributed by atoms with van der Waals surface area (Å²) >= 11 is 4.57. The number of nitrogens with one attached hydrogen (secondary N) is 1. The molecular weight excluding hydrogens is 194 g/mol. The summed E-state index contributed by atoms with van der Waals surface area (Å²) in [6, 6.07) is 9.94. The summed E-state index contributed by atoms with van der Waals surface area (Å²) in [6.07, 6.45) is 5.33. The Kier molecular flexibility index (Phi) is 4.37. The van der Waals surface area contributed by atoms with Crippen LogP contribution in [-0.4, -0.2) is 11.3 Å². The van der Waals surface area contributed by atoms with Gasteiger partial charge in [-0.15, -0.1) is 0 Å². The van der Waals surface area contributed by atoms with Crippen molar-refractivity contribution in [3.05, 3.63) is 42.0 Å². The van der Waals surface area contributed by atoms with Gasteiger partial charge in [0.1, 0.15) is 0 Å². The summed E-state index contributed by atoms with van der Waals surface area (Å²) in [5, 5.41) is 3.92. The van der Waals surface area contributed by atoms with Gasteiger partial charge in [-0.05, 0) is 23.9 Å². The summed E-state index contributed by atoms with van der Waals surface area (Å²) < 4.78 is 0. The Balaban J connectivity index is 2.42. The van der Waals surface area contributed by atoms with E-state index in [2.05, 4.69) is 22.7 Å². The molecule has 0 fully saturated rings. The molecule has 0 saturated carbocycles. The Morgan fingerprint density at radius 1 is 1.36 bits per heavy atom. The standard InChI is InChI=1S/C10H11N3S/c11-10(14)13-12-8-4-7-9-5-2-1-3-6-9/h1-8H,(H3,11,13,14)/b7-4+,12-8-. The number of rotatable bonds is 3. The maximum Gasteiger partial charge on any atom is 0.184 e. The van der Waals surface area contributed by atoms with Crippen LogP contribution in [0.2, 0.25) is 0 Å². The van der Waals surface area contributed by atoms with Crippen molar-refractivity contribution in [2.45, 2.75) is 0 Å². The lowest BCUT2D eigenvalue weighted by molar-refractivity contribution is 1.04. The van der Waals surface area contributed by atoms with Crippen molar-refractivity contribution in [1.82, 2.24) is 5.43 Å². The molecule has 0 aliphatic carbocycles. The molecule has 1 aromatic carbocycles. The van der Waals surface area contributed by atoms with Gasteiger partial charge in [0, 0.05) is 6.21 Å². The largest absolute Gasteiger partial charge is 0.375 e. The first-order chi connectivity index (χ1) is 6.79. The summed E-state index contributed by atoms with van der Waals surface area (Å²) in [5.74, 6) is 0. The minimum Gasteiger partial charge on any atom is -0.375 e. The number of nitrogens with zero attached hydrogens (tertiary/aromatic N) is 1. The van der Waals surface area contributed by atoms with E-state index in [0.717, 1.165) is 5.56 Å². The number of hydrazone groups is 1. The first kappa shape index (κ1) is 10.4. The third-order valence-corrected chi connectivity index (χ3v) is 1.51. The number of nitrogens with two attached hydrogens (primary N) is 1. The van der Waals surface area contributed by atoms with E-state index >= 15 is 0 Å². The van der Waals surface area contributed by atoms with E-state index in [4.69, 9.17) is 5.73 Å². The topological polar surface area (TPSA) is 50.4 Å². The molecule has 4 heteroatoms. The van der Waals surface area contributed by atoms with Crippen LogP contribution in [0.25, 0.3) is 6.08 Å². The monoisotopic (exact) mass is 205 g/mol. The molecule has 14 heavy (non-hydrogen) atoms. The van der Waals surface area contributed by atoms with Crippen LogP contribution in [0.1, 0.15) is 5.56 Å². The minimum atomic E-state index is 0.161. The third kappa shape index (κ3) is 4.37. The molecule has 0 saturated heterocycles. The van der Waals surface area contributed by atoms with Gasteiger partial charge in [0.15, 0.2) is 5.11 Å². The van der Waals surface area contributed by atoms with Gasteiger partial charge < -0.3 is 5.73 Å². The van der Waals surface area contributed by atoms with Gasteiger partial charge in [0.05, 0.1) is 0 Å². The van der Waals surface area contributed by atoms with Crippen molar-refractivity contribution in [3.63, 3.8) is 0 Å². The highest BCUT2D eigenvalue weighted by Crippen LogP contribution is 1.99. The summed E-state index contributed by atoms with van der Waals surface area (Å²) in [5.41, 5.74) is 8.75. The summed E-state index contributed by atoms with van der Waals surface area (Å²) in [7, 11) is 0. The van der Waals surface area contributed by atoms with E-state index in [0.29, 0.717) is 0 Å². The van der Waals surface area contributed by atoms with Crippen LogP contribution in [-0.2, 0) is 0 Å². The second-order valence-electron chi connectivity index (χ2n) is 2.52. The first-order valence-electron chi connectivity index (χ1n) is 4.09. The van der Waals surface area contributed by atoms with E-state index in [1.807, 2.05) is 36.4 Å². The molecule has 0 unspecified atom stereocenters. The fraction of sp³-hybridized carbons (Fsp3) is 0. The van der Waals surface area contributed by atoms with Crippen LogP contribution in [0, 0.1) is 0 Å². The highest BCUT2D eigenvalue weighted by atomic mass is 32.1. The SMILES string of the molecule is NC(=S)N/N=C\C=C\c1ccccc1. The second kappa shape index (κ2) is 5.88. The van der Waals surface area contributed by atoms with Gasteiger partial charge in [0.2, 0.25) is 0 Å². The molecule has 1 rings (SSSR count). The van der Waals surface area contributed by atoms with Crippen LogP contribution in [0.4, 0.5) is 0 Å². The van der Waals surface area contributed by atoms with Gasteiger partial charge in [0.25, 0.3) is 0 Å². The van der Waals surface area contributed by atoms with Crippen LogP contribution in [0.15, 0.2) is 41.5 Å². The average molecular weight is 205 g/mol. The van der Waals surface area contributed by atoms with Crippen LogP contribution in [0.5, 0.6) is 0 Å². The van der Waals surface area contributed by atoms with E-state index in [-0.39, 0.29) is 5.11 Å².